The van der Waals surface area contributed by atoms with Crippen LogP contribution in [0.5, 0.6) is 5.75 Å². The molecule has 1 aliphatic rings. The highest BCUT2D eigenvalue weighted by molar-refractivity contribution is 6.11. The van der Waals surface area contributed by atoms with Gasteiger partial charge in [0.15, 0.2) is 0 Å². The maximum atomic E-state index is 6.52. The smallest absolute Gasteiger partial charge is 0.122 e. The zero-order chi connectivity index (χ0) is 59.6. The lowest BCUT2D eigenvalue weighted by Crippen LogP contribution is -2.27. The van der Waals surface area contributed by atoms with Crippen molar-refractivity contribution < 1.29 is 4.74 Å². The van der Waals surface area contributed by atoms with Crippen LogP contribution in [0.1, 0.15) is 71.0 Å². The van der Waals surface area contributed by atoms with Gasteiger partial charge in [0, 0.05) is 38.9 Å². The number of hydrogen-bond donors (Lipinski definition) is 0. The molecule has 0 saturated carbocycles. The van der Waals surface area contributed by atoms with Crippen molar-refractivity contribution in [3.63, 3.8) is 0 Å². The van der Waals surface area contributed by atoms with Gasteiger partial charge in [0.1, 0.15) is 5.75 Å². The number of rotatable bonds is 19. The number of benzene rings is 12. The summed E-state index contributed by atoms with van der Waals surface area (Å²) in [6.45, 7) is 12.9. The van der Waals surface area contributed by atoms with Crippen molar-refractivity contribution in [1.29, 1.82) is 0 Å². The quantitative estimate of drug-likeness (QED) is 0.0751. The topological polar surface area (TPSA) is 17.4 Å². The van der Waals surface area contributed by atoms with Crippen LogP contribution >= 0.6 is 0 Å². The lowest BCUT2D eigenvalue weighted by Gasteiger charge is -2.34. The minimum atomic E-state index is -0.353. The van der Waals surface area contributed by atoms with Gasteiger partial charge in [0.05, 0.1) is 17.6 Å². The van der Waals surface area contributed by atoms with Crippen LogP contribution in [0.25, 0.3) is 95.3 Å². The van der Waals surface area contributed by atoms with Gasteiger partial charge in [-0.05, 0) is 206 Å². The molecule has 0 radical (unpaired) electrons. The Bertz CT molecular complexity index is 4660. The highest BCUT2D eigenvalue weighted by atomic mass is 16.5. The summed E-state index contributed by atoms with van der Waals surface area (Å²) in [6.07, 6.45) is 9.03. The summed E-state index contributed by atoms with van der Waals surface area (Å²) in [5.74, 6) is 0.974. The first-order valence-corrected chi connectivity index (χ1v) is 31.0. The molecule has 3 nitrogen and oxygen atoms in total. The van der Waals surface area contributed by atoms with E-state index < -0.39 is 0 Å². The van der Waals surface area contributed by atoms with E-state index in [-0.39, 0.29) is 5.41 Å². The van der Waals surface area contributed by atoms with Crippen LogP contribution in [0, 0.1) is 13.8 Å². The fourth-order valence-electron chi connectivity index (χ4n) is 13.8. The predicted molar refractivity (Wildman–Crippen MR) is 374 cm³/mol. The van der Waals surface area contributed by atoms with Crippen molar-refractivity contribution in [1.82, 2.24) is 4.57 Å². The average molecular weight is 1140 g/mol. The van der Waals surface area contributed by atoms with Crippen molar-refractivity contribution in [2.75, 3.05) is 11.5 Å². The molecule has 12 aromatic carbocycles. The van der Waals surface area contributed by atoms with E-state index in [0.29, 0.717) is 6.61 Å². The first kappa shape index (κ1) is 55.4. The maximum absolute atomic E-state index is 6.52. The van der Waals surface area contributed by atoms with Gasteiger partial charge < -0.3 is 14.2 Å². The molecule has 1 aromatic heterocycles. The van der Waals surface area contributed by atoms with Crippen molar-refractivity contribution in [3.05, 3.63) is 331 Å². The number of aryl methyl sites for hydroxylation is 2. The Morgan fingerprint density at radius 2 is 0.875 bits per heavy atom. The highest BCUT2D eigenvalue weighted by Crippen LogP contribution is 2.56. The molecule has 0 spiro atoms. The lowest BCUT2D eigenvalue weighted by atomic mass is 9.69. The molecular weight excluding hydrogens is 1060 g/mol. The van der Waals surface area contributed by atoms with E-state index >= 15 is 0 Å². The van der Waals surface area contributed by atoms with Crippen LogP contribution in [-0.2, 0) is 5.41 Å². The molecule has 13 aromatic rings. The number of aromatic nitrogens is 1. The number of nitrogens with zero attached hydrogens (tertiary/aromatic N) is 2. The van der Waals surface area contributed by atoms with Crippen LogP contribution < -0.4 is 9.64 Å². The van der Waals surface area contributed by atoms with Crippen LogP contribution in [0.2, 0.25) is 0 Å². The monoisotopic (exact) mass is 1130 g/mol. The van der Waals surface area contributed by atoms with Crippen LogP contribution in [0.4, 0.5) is 17.1 Å². The van der Waals surface area contributed by atoms with Gasteiger partial charge >= 0.3 is 0 Å². The van der Waals surface area contributed by atoms with E-state index in [1.807, 2.05) is 12.2 Å². The Morgan fingerprint density at radius 3 is 1.49 bits per heavy atom. The van der Waals surface area contributed by atoms with Gasteiger partial charge in [-0.25, -0.2) is 0 Å². The largest absolute Gasteiger partial charge is 0.493 e. The average Bonchev–Trinajstić information content (AvgIpc) is 1.63. The van der Waals surface area contributed by atoms with Gasteiger partial charge in [0.2, 0.25) is 0 Å². The van der Waals surface area contributed by atoms with Gasteiger partial charge in [0.25, 0.3) is 0 Å². The zero-order valence-electron chi connectivity index (χ0n) is 50.2. The van der Waals surface area contributed by atoms with E-state index in [4.69, 9.17) is 4.74 Å². The molecule has 426 valence electrons. The van der Waals surface area contributed by atoms with E-state index in [1.54, 1.807) is 0 Å². The third-order valence-corrected chi connectivity index (χ3v) is 18.3. The van der Waals surface area contributed by atoms with Crippen LogP contribution in [-0.4, -0.2) is 11.2 Å². The Kier molecular flexibility index (Phi) is 15.2. The van der Waals surface area contributed by atoms with Crippen molar-refractivity contribution in [2.24, 2.45) is 0 Å². The van der Waals surface area contributed by atoms with Crippen molar-refractivity contribution in [3.8, 4) is 67.1 Å². The molecule has 1 aliphatic carbocycles. The second-order valence-electron chi connectivity index (χ2n) is 23.6. The van der Waals surface area contributed by atoms with Crippen LogP contribution in [0.15, 0.2) is 292 Å². The number of fused-ring (bicyclic) bond motifs is 6. The Morgan fingerprint density at radius 1 is 0.386 bits per heavy atom. The molecule has 1 atom stereocenters. The number of hydrogen-bond acceptors (Lipinski definition) is 2. The number of anilines is 3. The molecule has 0 fully saturated rings. The van der Waals surface area contributed by atoms with E-state index in [0.717, 1.165) is 82.9 Å². The minimum Gasteiger partial charge on any atom is -0.493 e. The fraction of sp³-hybridized carbons (Fsp3) is 0.106. The summed E-state index contributed by atoms with van der Waals surface area (Å²) in [7, 11) is 0. The molecular formula is C85H70N2O. The molecule has 1 unspecified atom stereocenters. The molecule has 14 rings (SSSR count). The second-order valence-corrected chi connectivity index (χ2v) is 23.6. The highest BCUT2D eigenvalue weighted by Gasteiger charge is 2.44. The summed E-state index contributed by atoms with van der Waals surface area (Å²) in [4.78, 5) is 2.45. The van der Waals surface area contributed by atoms with Crippen LogP contribution in [0.3, 0.4) is 0 Å². The number of para-hydroxylation sites is 1. The lowest BCUT2D eigenvalue weighted by molar-refractivity contribution is 0.301. The third-order valence-electron chi connectivity index (χ3n) is 18.3. The summed E-state index contributed by atoms with van der Waals surface area (Å²) in [5.41, 5.74) is 27.3. The van der Waals surface area contributed by atoms with Gasteiger partial charge in [-0.3, -0.25) is 0 Å². The third kappa shape index (κ3) is 10.4. The molecule has 0 aliphatic heterocycles. The van der Waals surface area contributed by atoms with Gasteiger partial charge in [-0.1, -0.05) is 239 Å². The van der Waals surface area contributed by atoms with Gasteiger partial charge in [-0.15, -0.1) is 0 Å². The standard InChI is InChI=1S/C85H70N2O/c1-5-61-30-34-65(35-31-61)68-42-50-82-78(56-68)79-57-69(43-51-83(79)87(82)71-26-16-11-17-27-71)66-40-46-73(47-41-66)86(72-44-38-64(39-45-72)63-22-12-9-13-23-63)74-48-49-76-75-28-18-19-29-80(75)85(81(76)58-74,70-24-14-10-15-25-70)52-20-7-8-21-53-88-84-55-59(3)77(54-60(84)4)67-36-32-62(6-2)33-37-67/h5-6,9-19,22-51,54-58H,1-2,7-8,20-21,52-53H2,3-4H3. The maximum Gasteiger partial charge on any atom is 0.122 e. The summed E-state index contributed by atoms with van der Waals surface area (Å²) >= 11 is 0. The van der Waals surface area contributed by atoms with Crippen molar-refractivity contribution in [2.45, 2.75) is 51.4 Å². The molecule has 0 saturated heterocycles. The molecule has 0 N–H and O–H groups in total. The first-order valence-electron chi connectivity index (χ1n) is 31.0. The molecule has 0 amide bonds. The normalized spacial score (nSPS) is 13.3. The number of ether oxygens (including phenoxy) is 1. The molecule has 88 heavy (non-hydrogen) atoms. The van der Waals surface area contributed by atoms with E-state index in [9.17, 15) is 0 Å². The van der Waals surface area contributed by atoms with E-state index in [2.05, 4.69) is 316 Å². The molecule has 3 heteroatoms. The van der Waals surface area contributed by atoms with Crippen molar-refractivity contribution >= 4 is 51.0 Å². The summed E-state index contributed by atoms with van der Waals surface area (Å²) < 4.78 is 8.92. The fourth-order valence-corrected chi connectivity index (χ4v) is 13.8. The molecule has 0 bridgehead atoms. The SMILES string of the molecule is C=Cc1ccc(-c2ccc3c(c2)c2cc(-c4ccc(N(c5ccc(-c6ccccc6)cc5)c5ccc6c(c5)C(CCCCCCOc5cc(C)c(-c7ccc(C=C)cc7)cc5C)(c5ccccc5)c5ccccc5-6)cc4)ccc2n3-c2ccccc2)cc1. The summed E-state index contributed by atoms with van der Waals surface area (Å²) in [6, 6.07) is 103. The van der Waals surface area contributed by atoms with E-state index in [1.165, 1.54) is 94.1 Å². The molecule has 1 heterocycles. The summed E-state index contributed by atoms with van der Waals surface area (Å²) in [5, 5.41) is 2.44. The zero-order valence-corrected chi connectivity index (χ0v) is 50.2. The Labute approximate surface area is 518 Å². The Balaban J connectivity index is 0.791. The second kappa shape index (κ2) is 24.1. The number of unbranched alkanes of at least 4 members (excludes halogenated alkanes) is 3. The first-order chi connectivity index (χ1) is 43.3. The Hall–Kier alpha value is -10.5. The van der Waals surface area contributed by atoms with Gasteiger partial charge in [-0.2, -0.15) is 0 Å². The predicted octanol–water partition coefficient (Wildman–Crippen LogP) is 23.2. The minimum absolute atomic E-state index is 0.353.